The van der Waals surface area contributed by atoms with E-state index in [1.807, 2.05) is 30.1 Å². The van der Waals surface area contributed by atoms with E-state index in [2.05, 4.69) is 45.4 Å². The molecule has 0 aliphatic carbocycles. The third kappa shape index (κ3) is 2.25. The van der Waals surface area contributed by atoms with Crippen LogP contribution in [-0.2, 0) is 13.0 Å². The number of benzene rings is 1. The Morgan fingerprint density at radius 3 is 3.00 bits per heavy atom. The lowest BCUT2D eigenvalue weighted by atomic mass is 10.0. The summed E-state index contributed by atoms with van der Waals surface area (Å²) in [5, 5.41) is 7.78. The number of hydrogen-bond donors (Lipinski definition) is 1. The topological polar surface area (TPSA) is 39.1 Å². The number of fused-ring (bicyclic) bond motifs is 1. The van der Waals surface area contributed by atoms with Crippen LogP contribution in [0.1, 0.15) is 24.2 Å². The van der Waals surface area contributed by atoms with Gasteiger partial charge in [-0.05, 0) is 41.5 Å². The molecule has 20 heavy (non-hydrogen) atoms. The SMILES string of the molecule is CCn1ncc(Br)c1C(NC)C1Cc2ccccc2O1. The lowest BCUT2D eigenvalue weighted by Crippen LogP contribution is -2.34. The van der Waals surface area contributed by atoms with Crippen molar-refractivity contribution in [1.29, 1.82) is 0 Å². The van der Waals surface area contributed by atoms with Gasteiger partial charge in [0.1, 0.15) is 11.9 Å². The molecule has 1 aromatic carbocycles. The highest BCUT2D eigenvalue weighted by molar-refractivity contribution is 9.10. The summed E-state index contributed by atoms with van der Waals surface area (Å²) in [6.07, 6.45) is 2.87. The summed E-state index contributed by atoms with van der Waals surface area (Å²) in [6, 6.07) is 8.36. The lowest BCUT2D eigenvalue weighted by Gasteiger charge is -2.24. The van der Waals surface area contributed by atoms with Gasteiger partial charge in [0.25, 0.3) is 0 Å². The molecule has 1 aliphatic heterocycles. The maximum absolute atomic E-state index is 6.11. The van der Waals surface area contributed by atoms with E-state index in [9.17, 15) is 0 Å². The van der Waals surface area contributed by atoms with Crippen LogP contribution in [0, 0.1) is 0 Å². The standard InChI is InChI=1S/C15H18BrN3O/c1-3-19-15(11(16)9-18-19)14(17-2)13-8-10-6-4-5-7-12(10)20-13/h4-7,9,13-14,17H,3,8H2,1-2H3. The fourth-order valence-electron chi connectivity index (χ4n) is 2.83. The maximum Gasteiger partial charge on any atom is 0.124 e. The zero-order valence-electron chi connectivity index (χ0n) is 11.6. The van der Waals surface area contributed by atoms with Gasteiger partial charge in [-0.25, -0.2) is 0 Å². The molecule has 106 valence electrons. The molecule has 0 spiro atoms. The fourth-order valence-corrected chi connectivity index (χ4v) is 3.37. The van der Waals surface area contributed by atoms with Gasteiger partial charge in [0.2, 0.25) is 0 Å². The van der Waals surface area contributed by atoms with Crippen LogP contribution in [0.15, 0.2) is 34.9 Å². The van der Waals surface area contributed by atoms with Crippen molar-refractivity contribution in [3.63, 3.8) is 0 Å². The highest BCUT2D eigenvalue weighted by Gasteiger charge is 2.33. The maximum atomic E-state index is 6.11. The number of hydrogen-bond acceptors (Lipinski definition) is 3. The van der Waals surface area contributed by atoms with E-state index in [4.69, 9.17) is 4.74 Å². The lowest BCUT2D eigenvalue weighted by molar-refractivity contribution is 0.178. The Kier molecular flexibility index (Phi) is 3.81. The summed E-state index contributed by atoms with van der Waals surface area (Å²) >= 11 is 3.60. The number of aryl methyl sites for hydroxylation is 1. The first kappa shape index (κ1) is 13.6. The molecule has 3 rings (SSSR count). The van der Waals surface area contributed by atoms with E-state index in [1.165, 1.54) is 5.56 Å². The third-order valence-corrected chi connectivity index (χ3v) is 4.39. The zero-order chi connectivity index (χ0) is 14.1. The molecule has 4 nitrogen and oxygen atoms in total. The predicted octanol–water partition coefficient (Wildman–Crippen LogP) is 2.93. The van der Waals surface area contributed by atoms with Crippen LogP contribution in [0.25, 0.3) is 0 Å². The number of aromatic nitrogens is 2. The Hall–Kier alpha value is -1.33. The molecule has 2 aromatic rings. The number of likely N-dealkylation sites (N-methyl/N-ethyl adjacent to an activating group) is 1. The van der Waals surface area contributed by atoms with Gasteiger partial charge in [0.15, 0.2) is 0 Å². The molecule has 2 heterocycles. The smallest absolute Gasteiger partial charge is 0.124 e. The monoisotopic (exact) mass is 335 g/mol. The molecule has 0 radical (unpaired) electrons. The Morgan fingerprint density at radius 2 is 2.30 bits per heavy atom. The summed E-state index contributed by atoms with van der Waals surface area (Å²) < 4.78 is 9.15. The van der Waals surface area contributed by atoms with Crippen molar-refractivity contribution >= 4 is 15.9 Å². The molecule has 1 aliphatic rings. The summed E-state index contributed by atoms with van der Waals surface area (Å²) in [4.78, 5) is 0. The van der Waals surface area contributed by atoms with E-state index in [0.29, 0.717) is 0 Å². The van der Waals surface area contributed by atoms with Gasteiger partial charge >= 0.3 is 0 Å². The number of rotatable bonds is 4. The molecule has 2 atom stereocenters. The molecule has 1 N–H and O–H groups in total. The fraction of sp³-hybridized carbons (Fsp3) is 0.400. The van der Waals surface area contributed by atoms with Crippen molar-refractivity contribution in [2.75, 3.05) is 7.05 Å². The summed E-state index contributed by atoms with van der Waals surface area (Å²) in [5.41, 5.74) is 2.42. The highest BCUT2D eigenvalue weighted by atomic mass is 79.9. The molecular formula is C15H18BrN3O. The molecule has 0 bridgehead atoms. The zero-order valence-corrected chi connectivity index (χ0v) is 13.2. The Labute approximate surface area is 127 Å². The molecule has 0 saturated carbocycles. The number of halogens is 1. The van der Waals surface area contributed by atoms with Crippen LogP contribution in [0.5, 0.6) is 5.75 Å². The minimum atomic E-state index is 0.0932. The van der Waals surface area contributed by atoms with Gasteiger partial charge in [-0.2, -0.15) is 5.10 Å². The van der Waals surface area contributed by atoms with Gasteiger partial charge in [0.05, 0.1) is 22.4 Å². The van der Waals surface area contributed by atoms with Crippen LogP contribution >= 0.6 is 15.9 Å². The largest absolute Gasteiger partial charge is 0.488 e. The van der Waals surface area contributed by atoms with Crippen molar-refractivity contribution in [1.82, 2.24) is 15.1 Å². The molecule has 5 heteroatoms. The number of ether oxygens (including phenoxy) is 1. The third-order valence-electron chi connectivity index (χ3n) is 3.78. The molecule has 0 fully saturated rings. The predicted molar refractivity (Wildman–Crippen MR) is 82.0 cm³/mol. The van der Waals surface area contributed by atoms with Crippen LogP contribution in [-0.4, -0.2) is 22.9 Å². The normalized spacial score (nSPS) is 18.6. The van der Waals surface area contributed by atoms with E-state index >= 15 is 0 Å². The quantitative estimate of drug-likeness (QED) is 0.933. The van der Waals surface area contributed by atoms with Gasteiger partial charge in [-0.3, -0.25) is 4.68 Å². The van der Waals surface area contributed by atoms with Gasteiger partial charge in [0, 0.05) is 13.0 Å². The second-order valence-corrected chi connectivity index (χ2v) is 5.78. The average Bonchev–Trinajstić information content (AvgIpc) is 3.04. The Morgan fingerprint density at radius 1 is 1.50 bits per heavy atom. The van der Waals surface area contributed by atoms with Gasteiger partial charge in [-0.15, -0.1) is 0 Å². The molecule has 1 aromatic heterocycles. The van der Waals surface area contributed by atoms with Crippen molar-refractivity contribution in [2.24, 2.45) is 0 Å². The Bertz CT molecular complexity index is 586. The summed E-state index contributed by atoms with van der Waals surface area (Å²) in [6.45, 7) is 2.94. The van der Waals surface area contributed by atoms with Crippen LogP contribution in [0.4, 0.5) is 0 Å². The Balaban J connectivity index is 1.91. The summed E-state index contributed by atoms with van der Waals surface area (Å²) in [7, 11) is 1.97. The number of nitrogens with one attached hydrogen (secondary N) is 1. The van der Waals surface area contributed by atoms with Gasteiger partial charge < -0.3 is 10.1 Å². The second kappa shape index (κ2) is 5.58. The second-order valence-electron chi connectivity index (χ2n) is 4.93. The van der Waals surface area contributed by atoms with E-state index in [0.717, 1.165) is 28.9 Å². The minimum Gasteiger partial charge on any atom is -0.488 e. The van der Waals surface area contributed by atoms with E-state index < -0.39 is 0 Å². The average molecular weight is 336 g/mol. The first-order valence-corrected chi connectivity index (χ1v) is 7.67. The van der Waals surface area contributed by atoms with Crippen molar-refractivity contribution in [2.45, 2.75) is 32.0 Å². The number of nitrogens with zero attached hydrogens (tertiary/aromatic N) is 2. The highest BCUT2D eigenvalue weighted by Crippen LogP contribution is 2.35. The van der Waals surface area contributed by atoms with Crippen LogP contribution < -0.4 is 10.1 Å². The number of para-hydroxylation sites is 1. The summed E-state index contributed by atoms with van der Waals surface area (Å²) in [5.74, 6) is 0.997. The van der Waals surface area contributed by atoms with Gasteiger partial charge in [-0.1, -0.05) is 18.2 Å². The van der Waals surface area contributed by atoms with E-state index in [1.54, 1.807) is 0 Å². The first-order valence-electron chi connectivity index (χ1n) is 6.87. The van der Waals surface area contributed by atoms with Crippen molar-refractivity contribution < 1.29 is 4.74 Å². The first-order chi connectivity index (χ1) is 9.74. The van der Waals surface area contributed by atoms with Crippen LogP contribution in [0.3, 0.4) is 0 Å². The minimum absolute atomic E-state index is 0.0932. The molecular weight excluding hydrogens is 318 g/mol. The van der Waals surface area contributed by atoms with E-state index in [-0.39, 0.29) is 12.1 Å². The molecule has 2 unspecified atom stereocenters. The molecule has 0 saturated heterocycles. The molecule has 0 amide bonds. The van der Waals surface area contributed by atoms with Crippen molar-refractivity contribution in [3.05, 3.63) is 46.2 Å². The van der Waals surface area contributed by atoms with Crippen molar-refractivity contribution in [3.8, 4) is 5.75 Å². The van der Waals surface area contributed by atoms with Crippen LogP contribution in [0.2, 0.25) is 0 Å².